The van der Waals surface area contributed by atoms with Crippen molar-refractivity contribution >= 4 is 5.97 Å². The zero-order valence-corrected chi connectivity index (χ0v) is 12.0. The molecule has 2 aromatic rings. The molecule has 1 heterocycles. The smallest absolute Gasteiger partial charge is 0.417 e. The largest absolute Gasteiger partial charge is 0.478 e. The monoisotopic (exact) mass is 314 g/mol. The number of hydrogen-bond acceptors (Lipinski definition) is 4. The Morgan fingerprint density at radius 1 is 1.18 bits per heavy atom. The highest BCUT2D eigenvalue weighted by Gasteiger charge is 2.36. The van der Waals surface area contributed by atoms with Gasteiger partial charge in [0.2, 0.25) is 11.8 Å². The summed E-state index contributed by atoms with van der Waals surface area (Å²) in [5.41, 5.74) is -2.45. The van der Waals surface area contributed by atoms with Crippen molar-refractivity contribution in [3.63, 3.8) is 0 Å². The van der Waals surface area contributed by atoms with Gasteiger partial charge in [-0.25, -0.2) is 4.79 Å². The van der Waals surface area contributed by atoms with Crippen LogP contribution in [-0.4, -0.2) is 21.3 Å². The number of aromatic nitrogens is 2. The summed E-state index contributed by atoms with van der Waals surface area (Å²) >= 11 is 0. The molecule has 0 fully saturated rings. The summed E-state index contributed by atoms with van der Waals surface area (Å²) in [7, 11) is 0. The molecule has 5 nitrogen and oxygen atoms in total. The molecule has 0 saturated heterocycles. The number of alkyl halides is 3. The molecule has 0 aliphatic heterocycles. The van der Waals surface area contributed by atoms with Crippen LogP contribution in [0.2, 0.25) is 0 Å². The van der Waals surface area contributed by atoms with Crippen LogP contribution < -0.4 is 0 Å². The van der Waals surface area contributed by atoms with E-state index in [1.807, 2.05) is 0 Å². The van der Waals surface area contributed by atoms with Crippen LogP contribution in [0.25, 0.3) is 11.5 Å². The van der Waals surface area contributed by atoms with E-state index in [0.29, 0.717) is 6.07 Å². The number of carbonyl (C=O) groups is 1. The van der Waals surface area contributed by atoms with Gasteiger partial charge < -0.3 is 9.52 Å². The van der Waals surface area contributed by atoms with Crippen LogP contribution >= 0.6 is 0 Å². The second-order valence-electron chi connectivity index (χ2n) is 5.73. The fourth-order valence-electron chi connectivity index (χ4n) is 1.73. The van der Waals surface area contributed by atoms with E-state index in [9.17, 15) is 18.0 Å². The van der Waals surface area contributed by atoms with Crippen molar-refractivity contribution in [2.24, 2.45) is 0 Å². The number of benzene rings is 1. The molecule has 8 heteroatoms. The number of hydrogen-bond donors (Lipinski definition) is 1. The van der Waals surface area contributed by atoms with Crippen molar-refractivity contribution in [3.8, 4) is 11.5 Å². The van der Waals surface area contributed by atoms with Gasteiger partial charge in [-0.2, -0.15) is 13.2 Å². The molecule has 1 aromatic carbocycles. The molecule has 0 aliphatic carbocycles. The lowest BCUT2D eigenvalue weighted by atomic mass is 9.97. The topological polar surface area (TPSA) is 76.2 Å². The number of carboxylic acids is 1. The fourth-order valence-corrected chi connectivity index (χ4v) is 1.73. The minimum absolute atomic E-state index is 0.193. The third kappa shape index (κ3) is 3.10. The second-order valence-corrected chi connectivity index (χ2v) is 5.73. The molecule has 0 spiro atoms. The van der Waals surface area contributed by atoms with Gasteiger partial charge in [0.15, 0.2) is 0 Å². The minimum atomic E-state index is -4.74. The molecule has 0 unspecified atom stereocenters. The summed E-state index contributed by atoms with van der Waals surface area (Å²) in [5, 5.41) is 16.2. The average molecular weight is 314 g/mol. The predicted octanol–water partition coefficient (Wildman–Crippen LogP) is 3.75. The highest BCUT2D eigenvalue weighted by atomic mass is 19.4. The van der Waals surface area contributed by atoms with Gasteiger partial charge in [-0.1, -0.05) is 20.8 Å². The van der Waals surface area contributed by atoms with Crippen LogP contribution in [-0.2, 0) is 11.6 Å². The Balaban J connectivity index is 2.60. The van der Waals surface area contributed by atoms with Crippen molar-refractivity contribution in [2.45, 2.75) is 32.4 Å². The van der Waals surface area contributed by atoms with Crippen LogP contribution in [0.3, 0.4) is 0 Å². The summed E-state index contributed by atoms with van der Waals surface area (Å²) in [5.74, 6) is -1.55. The number of nitrogens with zero attached hydrogens (tertiary/aromatic N) is 2. The SMILES string of the molecule is CC(C)(C)c1nnc(-c2ccc(C(=O)O)cc2C(F)(F)F)o1. The molecule has 0 bridgehead atoms. The maximum Gasteiger partial charge on any atom is 0.417 e. The summed E-state index contributed by atoms with van der Waals surface area (Å²) in [4.78, 5) is 10.8. The van der Waals surface area contributed by atoms with E-state index >= 15 is 0 Å². The molecular weight excluding hydrogens is 301 g/mol. The van der Waals surface area contributed by atoms with Gasteiger partial charge in [0.1, 0.15) is 0 Å². The normalized spacial score (nSPS) is 12.5. The van der Waals surface area contributed by atoms with Crippen LogP contribution in [0.4, 0.5) is 13.2 Å². The summed E-state index contributed by atoms with van der Waals surface area (Å²) in [6.07, 6.45) is -4.74. The molecule has 1 N–H and O–H groups in total. The number of halogens is 3. The van der Waals surface area contributed by atoms with Crippen molar-refractivity contribution in [1.82, 2.24) is 10.2 Å². The van der Waals surface area contributed by atoms with Gasteiger partial charge in [0.05, 0.1) is 16.7 Å². The lowest BCUT2D eigenvalue weighted by Gasteiger charge is -2.12. The zero-order chi connectivity index (χ0) is 16.7. The molecule has 0 radical (unpaired) electrons. The van der Waals surface area contributed by atoms with Gasteiger partial charge in [0, 0.05) is 5.41 Å². The second kappa shape index (κ2) is 5.11. The molecule has 0 aliphatic rings. The third-order valence-electron chi connectivity index (χ3n) is 2.87. The molecule has 0 amide bonds. The standard InChI is InChI=1S/C14H13F3N2O3/c1-13(2,3)12-19-18-10(22-12)8-5-4-7(11(20)21)6-9(8)14(15,16)17/h4-6H,1-3H3,(H,20,21). The first kappa shape index (κ1) is 16.0. The summed E-state index contributed by atoms with van der Waals surface area (Å²) in [6, 6.07) is 2.64. The van der Waals surface area contributed by atoms with E-state index in [1.165, 1.54) is 0 Å². The predicted molar refractivity (Wildman–Crippen MR) is 70.4 cm³/mol. The van der Waals surface area contributed by atoms with Gasteiger partial charge in [-0.15, -0.1) is 10.2 Å². The van der Waals surface area contributed by atoms with Crippen LogP contribution in [0.15, 0.2) is 22.6 Å². The maximum atomic E-state index is 13.1. The number of aromatic carboxylic acids is 1. The van der Waals surface area contributed by atoms with Gasteiger partial charge in [0.25, 0.3) is 0 Å². The van der Waals surface area contributed by atoms with E-state index in [2.05, 4.69) is 10.2 Å². The Kier molecular flexibility index (Phi) is 3.72. The Bertz CT molecular complexity index is 715. The zero-order valence-electron chi connectivity index (χ0n) is 12.0. The van der Waals surface area contributed by atoms with Crippen molar-refractivity contribution < 1.29 is 27.5 Å². The minimum Gasteiger partial charge on any atom is -0.478 e. The highest BCUT2D eigenvalue weighted by Crippen LogP contribution is 2.38. The molecule has 0 atom stereocenters. The quantitative estimate of drug-likeness (QED) is 0.913. The first-order valence-electron chi connectivity index (χ1n) is 6.29. The summed E-state index contributed by atoms with van der Waals surface area (Å²) in [6.45, 7) is 5.34. The Morgan fingerprint density at radius 3 is 2.27 bits per heavy atom. The Morgan fingerprint density at radius 2 is 1.82 bits per heavy atom. The van der Waals surface area contributed by atoms with E-state index < -0.39 is 28.7 Å². The molecule has 2 rings (SSSR count). The lowest BCUT2D eigenvalue weighted by Crippen LogP contribution is -2.11. The van der Waals surface area contributed by atoms with Crippen molar-refractivity contribution in [2.75, 3.05) is 0 Å². The van der Waals surface area contributed by atoms with E-state index in [0.717, 1.165) is 12.1 Å². The van der Waals surface area contributed by atoms with Crippen molar-refractivity contribution in [3.05, 3.63) is 35.2 Å². The molecule has 1 aromatic heterocycles. The highest BCUT2D eigenvalue weighted by molar-refractivity contribution is 5.88. The van der Waals surface area contributed by atoms with Gasteiger partial charge in [-0.3, -0.25) is 0 Å². The molecule has 22 heavy (non-hydrogen) atoms. The van der Waals surface area contributed by atoms with Gasteiger partial charge in [-0.05, 0) is 18.2 Å². The van der Waals surface area contributed by atoms with Crippen LogP contribution in [0, 0.1) is 0 Å². The van der Waals surface area contributed by atoms with Crippen LogP contribution in [0.5, 0.6) is 0 Å². The van der Waals surface area contributed by atoms with Crippen LogP contribution in [0.1, 0.15) is 42.6 Å². The van der Waals surface area contributed by atoms with E-state index in [4.69, 9.17) is 9.52 Å². The third-order valence-corrected chi connectivity index (χ3v) is 2.87. The maximum absolute atomic E-state index is 13.1. The average Bonchev–Trinajstić information content (AvgIpc) is 2.86. The number of carboxylic acid groups (broad SMARTS) is 1. The molecular formula is C14H13F3N2O3. The fraction of sp³-hybridized carbons (Fsp3) is 0.357. The Hall–Kier alpha value is -2.38. The number of rotatable bonds is 2. The van der Waals surface area contributed by atoms with Gasteiger partial charge >= 0.3 is 12.1 Å². The van der Waals surface area contributed by atoms with E-state index in [1.54, 1.807) is 20.8 Å². The molecule has 0 saturated carbocycles. The summed E-state index contributed by atoms with van der Waals surface area (Å²) < 4.78 is 44.7. The first-order chi connectivity index (χ1) is 10.00. The van der Waals surface area contributed by atoms with E-state index in [-0.39, 0.29) is 17.3 Å². The Labute approximate surface area is 123 Å². The lowest BCUT2D eigenvalue weighted by molar-refractivity contribution is -0.137. The first-order valence-corrected chi connectivity index (χ1v) is 6.29. The van der Waals surface area contributed by atoms with Crippen molar-refractivity contribution in [1.29, 1.82) is 0 Å². The molecule has 118 valence electrons.